The van der Waals surface area contributed by atoms with Gasteiger partial charge in [0.25, 0.3) is 0 Å². The molecule has 0 aliphatic heterocycles. The molecule has 0 unspecified atom stereocenters. The standard InChI is InChI=1S/C35H35Br/c1-8-21-12-15-26-28(18-21)35(27-10-9-11-31(36)32(26)27)29-19-22(33(2,3)4)13-16-24(29)25-17-14-23(20-30(25)35)34(5,6)7/h9-20H,8H2,1-7H3. The largest absolute Gasteiger partial charge is 0.0726 e. The molecule has 2 aliphatic rings. The van der Waals surface area contributed by atoms with E-state index in [1.165, 1.54) is 65.7 Å². The van der Waals surface area contributed by atoms with Crippen LogP contribution in [0, 0.1) is 0 Å². The zero-order chi connectivity index (χ0) is 25.6. The van der Waals surface area contributed by atoms with Crippen LogP contribution in [-0.4, -0.2) is 0 Å². The Kier molecular flexibility index (Phi) is 5.07. The highest BCUT2D eigenvalue weighted by Gasteiger charge is 2.52. The first-order valence-corrected chi connectivity index (χ1v) is 14.0. The number of hydrogen-bond donors (Lipinski definition) is 0. The Morgan fingerprint density at radius 3 is 1.67 bits per heavy atom. The molecule has 182 valence electrons. The highest BCUT2D eigenvalue weighted by atomic mass is 79.9. The zero-order valence-electron chi connectivity index (χ0n) is 22.5. The lowest BCUT2D eigenvalue weighted by atomic mass is 9.68. The van der Waals surface area contributed by atoms with Gasteiger partial charge in [-0.3, -0.25) is 0 Å². The second kappa shape index (κ2) is 7.68. The third kappa shape index (κ3) is 3.11. The molecule has 1 heteroatoms. The molecule has 0 heterocycles. The number of halogens is 1. The summed E-state index contributed by atoms with van der Waals surface area (Å²) in [6.07, 6.45) is 1.03. The summed E-state index contributed by atoms with van der Waals surface area (Å²) in [5.74, 6) is 0. The molecule has 0 fully saturated rings. The van der Waals surface area contributed by atoms with Crippen LogP contribution in [0.1, 0.15) is 87.4 Å². The molecular formula is C35H35Br. The molecule has 4 aromatic carbocycles. The van der Waals surface area contributed by atoms with Crippen molar-refractivity contribution >= 4 is 15.9 Å². The molecule has 6 rings (SSSR count). The molecule has 0 amide bonds. The van der Waals surface area contributed by atoms with Crippen LogP contribution >= 0.6 is 15.9 Å². The fraction of sp³-hybridized carbons (Fsp3) is 0.314. The Labute approximate surface area is 224 Å². The van der Waals surface area contributed by atoms with Crippen molar-refractivity contribution in [3.05, 3.63) is 116 Å². The number of benzene rings is 4. The summed E-state index contributed by atoms with van der Waals surface area (Å²) in [5, 5.41) is 0. The number of aryl methyl sites for hydroxylation is 1. The van der Waals surface area contributed by atoms with Gasteiger partial charge in [-0.15, -0.1) is 0 Å². The Bertz CT molecular complexity index is 1470. The average Bonchev–Trinajstić information content (AvgIpc) is 3.29. The molecule has 0 nitrogen and oxygen atoms in total. The summed E-state index contributed by atoms with van der Waals surface area (Å²) >= 11 is 3.96. The molecule has 0 N–H and O–H groups in total. The van der Waals surface area contributed by atoms with Crippen molar-refractivity contribution in [2.45, 2.75) is 71.1 Å². The van der Waals surface area contributed by atoms with Crippen molar-refractivity contribution in [1.29, 1.82) is 0 Å². The predicted octanol–water partition coefficient (Wildman–Crippen LogP) is 9.95. The van der Waals surface area contributed by atoms with Crippen molar-refractivity contribution in [2.24, 2.45) is 0 Å². The van der Waals surface area contributed by atoms with Gasteiger partial charge in [-0.05, 0) is 79.0 Å². The van der Waals surface area contributed by atoms with E-state index >= 15 is 0 Å². The summed E-state index contributed by atoms with van der Waals surface area (Å²) in [6.45, 7) is 16.2. The Morgan fingerprint density at radius 1 is 0.611 bits per heavy atom. The second-order valence-corrected chi connectivity index (χ2v) is 13.5. The van der Waals surface area contributed by atoms with Crippen LogP contribution in [0.15, 0.2) is 77.3 Å². The van der Waals surface area contributed by atoms with Gasteiger partial charge in [0.15, 0.2) is 0 Å². The van der Waals surface area contributed by atoms with Gasteiger partial charge in [-0.1, -0.05) is 131 Å². The van der Waals surface area contributed by atoms with Crippen LogP contribution in [0.3, 0.4) is 0 Å². The predicted molar refractivity (Wildman–Crippen MR) is 157 cm³/mol. The van der Waals surface area contributed by atoms with Crippen molar-refractivity contribution in [2.75, 3.05) is 0 Å². The molecule has 0 bridgehead atoms. The molecule has 1 spiro atoms. The highest BCUT2D eigenvalue weighted by Crippen LogP contribution is 2.64. The molecule has 0 aromatic heterocycles. The van der Waals surface area contributed by atoms with Crippen LogP contribution in [0.2, 0.25) is 0 Å². The minimum absolute atomic E-state index is 0.0777. The first kappa shape index (κ1) is 23.7. The van der Waals surface area contributed by atoms with Crippen molar-refractivity contribution < 1.29 is 0 Å². The van der Waals surface area contributed by atoms with Gasteiger partial charge in [0.1, 0.15) is 0 Å². The van der Waals surface area contributed by atoms with E-state index in [1.807, 2.05) is 0 Å². The number of rotatable bonds is 1. The van der Waals surface area contributed by atoms with E-state index in [2.05, 4.69) is 137 Å². The van der Waals surface area contributed by atoms with Crippen LogP contribution in [0.4, 0.5) is 0 Å². The van der Waals surface area contributed by atoms with Gasteiger partial charge in [0.05, 0.1) is 5.41 Å². The Hall–Kier alpha value is -2.64. The van der Waals surface area contributed by atoms with E-state index in [0.717, 1.165) is 6.42 Å². The molecular weight excluding hydrogens is 500 g/mol. The maximum absolute atomic E-state index is 3.96. The third-order valence-electron chi connectivity index (χ3n) is 8.45. The Morgan fingerprint density at radius 2 is 1.14 bits per heavy atom. The third-order valence-corrected chi connectivity index (χ3v) is 9.11. The zero-order valence-corrected chi connectivity index (χ0v) is 24.1. The number of hydrogen-bond acceptors (Lipinski definition) is 0. The maximum Gasteiger partial charge on any atom is 0.0726 e. The van der Waals surface area contributed by atoms with Crippen LogP contribution in [0.25, 0.3) is 22.3 Å². The van der Waals surface area contributed by atoms with Gasteiger partial charge in [-0.2, -0.15) is 0 Å². The van der Waals surface area contributed by atoms with Crippen molar-refractivity contribution in [3.8, 4) is 22.3 Å². The molecule has 36 heavy (non-hydrogen) atoms. The summed E-state index contributed by atoms with van der Waals surface area (Å²) in [6, 6.07) is 28.5. The lowest BCUT2D eigenvalue weighted by Gasteiger charge is -2.33. The first-order valence-electron chi connectivity index (χ1n) is 13.2. The summed E-state index contributed by atoms with van der Waals surface area (Å²) in [5.41, 5.74) is 15.2. The monoisotopic (exact) mass is 534 g/mol. The lowest BCUT2D eigenvalue weighted by Crippen LogP contribution is -2.27. The average molecular weight is 536 g/mol. The molecule has 4 aromatic rings. The normalized spacial score (nSPS) is 15.0. The molecule has 2 aliphatic carbocycles. The SMILES string of the molecule is CCc1ccc2c(c1)C1(c3cc(C(C)(C)C)ccc3-c3ccc(C(C)(C)C)cc31)c1cccc(Br)c1-2. The van der Waals surface area contributed by atoms with Gasteiger partial charge in [-0.25, -0.2) is 0 Å². The van der Waals surface area contributed by atoms with Gasteiger partial charge >= 0.3 is 0 Å². The lowest BCUT2D eigenvalue weighted by molar-refractivity contribution is 0.586. The van der Waals surface area contributed by atoms with E-state index in [9.17, 15) is 0 Å². The van der Waals surface area contributed by atoms with Crippen molar-refractivity contribution in [1.82, 2.24) is 0 Å². The van der Waals surface area contributed by atoms with Crippen LogP contribution in [-0.2, 0) is 22.7 Å². The molecule has 0 saturated heterocycles. The minimum Gasteiger partial charge on any atom is -0.0613 e. The van der Waals surface area contributed by atoms with Gasteiger partial charge in [0, 0.05) is 10.0 Å². The van der Waals surface area contributed by atoms with Crippen LogP contribution in [0.5, 0.6) is 0 Å². The van der Waals surface area contributed by atoms with E-state index in [0.29, 0.717) is 0 Å². The minimum atomic E-state index is -0.313. The Balaban J connectivity index is 1.83. The maximum atomic E-state index is 3.96. The first-order chi connectivity index (χ1) is 17.0. The molecule has 0 saturated carbocycles. The highest BCUT2D eigenvalue weighted by molar-refractivity contribution is 9.10. The van der Waals surface area contributed by atoms with Crippen molar-refractivity contribution in [3.63, 3.8) is 0 Å². The van der Waals surface area contributed by atoms with Crippen LogP contribution < -0.4 is 0 Å². The smallest absolute Gasteiger partial charge is 0.0613 e. The second-order valence-electron chi connectivity index (χ2n) is 12.7. The van der Waals surface area contributed by atoms with E-state index < -0.39 is 0 Å². The fourth-order valence-corrected chi connectivity index (χ4v) is 7.01. The fourth-order valence-electron chi connectivity index (χ4n) is 6.43. The van der Waals surface area contributed by atoms with E-state index in [1.54, 1.807) is 0 Å². The molecule has 0 atom stereocenters. The molecule has 0 radical (unpaired) electrons. The quantitative estimate of drug-likeness (QED) is 0.197. The topological polar surface area (TPSA) is 0 Å². The van der Waals surface area contributed by atoms with Gasteiger partial charge in [0.2, 0.25) is 0 Å². The van der Waals surface area contributed by atoms with E-state index in [4.69, 9.17) is 0 Å². The summed E-state index contributed by atoms with van der Waals surface area (Å²) < 4.78 is 1.18. The number of fused-ring (bicyclic) bond motifs is 10. The summed E-state index contributed by atoms with van der Waals surface area (Å²) in [7, 11) is 0. The van der Waals surface area contributed by atoms with Gasteiger partial charge < -0.3 is 0 Å². The van der Waals surface area contributed by atoms with E-state index in [-0.39, 0.29) is 16.2 Å². The summed E-state index contributed by atoms with van der Waals surface area (Å²) in [4.78, 5) is 0.